The van der Waals surface area contributed by atoms with Crippen molar-refractivity contribution < 1.29 is 22.7 Å². The highest BCUT2D eigenvalue weighted by Gasteiger charge is 2.32. The zero-order valence-corrected chi connectivity index (χ0v) is 10.0. The molecule has 1 aromatic carbocycles. The molecule has 0 aliphatic carbocycles. The molecule has 0 spiro atoms. The Labute approximate surface area is 112 Å². The Kier molecular flexibility index (Phi) is 3.88. The highest BCUT2D eigenvalue weighted by molar-refractivity contribution is 5.71. The number of pyridine rings is 1. The third-order valence-corrected chi connectivity index (χ3v) is 2.32. The molecular weight excluding hydrogens is 273 g/mol. The number of nitrogens with zero attached hydrogens (tertiary/aromatic N) is 1. The van der Waals surface area contributed by atoms with E-state index in [-0.39, 0.29) is 5.75 Å². The molecule has 4 nitrogen and oxygen atoms in total. The van der Waals surface area contributed by atoms with Crippen LogP contribution < -0.4 is 10.1 Å². The lowest BCUT2D eigenvalue weighted by Crippen LogP contribution is -2.07. The van der Waals surface area contributed by atoms with Crippen molar-refractivity contribution >= 4 is 12.1 Å². The summed E-state index contributed by atoms with van der Waals surface area (Å²) in [6, 6.07) is 8.43. The summed E-state index contributed by atoms with van der Waals surface area (Å²) >= 11 is 0. The summed E-state index contributed by atoms with van der Waals surface area (Å²) in [5.74, 6) is 0.541. The standard InChI is InChI=1S/C13H9F3N2O2/c14-13(15,16)12-5-4-11(7-17-12)20-10-3-1-2-9(6-10)18-8-19/h1-8H,(H,18,19). The highest BCUT2D eigenvalue weighted by atomic mass is 19.4. The van der Waals surface area contributed by atoms with E-state index in [2.05, 4.69) is 10.3 Å². The van der Waals surface area contributed by atoms with Gasteiger partial charge in [-0.1, -0.05) is 6.07 Å². The third-order valence-electron chi connectivity index (χ3n) is 2.32. The van der Waals surface area contributed by atoms with E-state index in [1.165, 1.54) is 12.1 Å². The van der Waals surface area contributed by atoms with Crippen LogP contribution in [0.15, 0.2) is 42.6 Å². The molecule has 0 radical (unpaired) electrons. The van der Waals surface area contributed by atoms with Crippen molar-refractivity contribution in [2.75, 3.05) is 5.32 Å². The first kappa shape index (κ1) is 13.9. The number of hydrogen-bond acceptors (Lipinski definition) is 3. The molecule has 0 bridgehead atoms. The molecule has 0 unspecified atom stereocenters. The summed E-state index contributed by atoms with van der Waals surface area (Å²) in [6.07, 6.45) is -2.98. The van der Waals surface area contributed by atoms with E-state index in [0.29, 0.717) is 17.8 Å². The number of halogens is 3. The van der Waals surface area contributed by atoms with Gasteiger partial charge in [-0.05, 0) is 24.3 Å². The van der Waals surface area contributed by atoms with Gasteiger partial charge in [0.1, 0.15) is 17.2 Å². The van der Waals surface area contributed by atoms with Gasteiger partial charge in [0.15, 0.2) is 0 Å². The van der Waals surface area contributed by atoms with E-state index in [1.807, 2.05) is 0 Å². The summed E-state index contributed by atoms with van der Waals surface area (Å²) < 4.78 is 42.4. The molecule has 1 aromatic heterocycles. The lowest BCUT2D eigenvalue weighted by Gasteiger charge is -2.08. The van der Waals surface area contributed by atoms with Gasteiger partial charge in [-0.25, -0.2) is 4.98 Å². The Balaban J connectivity index is 2.14. The number of anilines is 1. The summed E-state index contributed by atoms with van der Waals surface area (Å²) in [4.78, 5) is 13.6. The van der Waals surface area contributed by atoms with Gasteiger partial charge in [-0.15, -0.1) is 0 Å². The second kappa shape index (κ2) is 5.60. The highest BCUT2D eigenvalue weighted by Crippen LogP contribution is 2.29. The van der Waals surface area contributed by atoms with Gasteiger partial charge >= 0.3 is 6.18 Å². The number of carbonyl (C=O) groups excluding carboxylic acids is 1. The lowest BCUT2D eigenvalue weighted by molar-refractivity contribution is -0.141. The van der Waals surface area contributed by atoms with Crippen molar-refractivity contribution in [2.24, 2.45) is 0 Å². The molecule has 7 heteroatoms. The van der Waals surface area contributed by atoms with Crippen LogP contribution in [0, 0.1) is 0 Å². The maximum Gasteiger partial charge on any atom is 0.433 e. The van der Waals surface area contributed by atoms with Crippen LogP contribution >= 0.6 is 0 Å². The van der Waals surface area contributed by atoms with Gasteiger partial charge in [0.25, 0.3) is 0 Å². The molecule has 104 valence electrons. The largest absolute Gasteiger partial charge is 0.456 e. The minimum absolute atomic E-state index is 0.168. The normalized spacial score (nSPS) is 10.9. The molecule has 0 fully saturated rings. The predicted octanol–water partition coefficient (Wildman–Crippen LogP) is 3.46. The number of alkyl halides is 3. The summed E-state index contributed by atoms with van der Waals surface area (Å²) in [5.41, 5.74) is -0.474. The van der Waals surface area contributed by atoms with E-state index >= 15 is 0 Å². The van der Waals surface area contributed by atoms with Crippen molar-refractivity contribution in [1.29, 1.82) is 0 Å². The molecule has 0 atom stereocenters. The van der Waals surface area contributed by atoms with Crippen LogP contribution in [-0.4, -0.2) is 11.4 Å². The van der Waals surface area contributed by atoms with Crippen molar-refractivity contribution in [1.82, 2.24) is 4.98 Å². The van der Waals surface area contributed by atoms with Crippen LogP contribution in [0.1, 0.15) is 5.69 Å². The molecule has 2 aromatic rings. The van der Waals surface area contributed by atoms with Crippen molar-refractivity contribution in [2.45, 2.75) is 6.18 Å². The molecule has 0 aliphatic heterocycles. The van der Waals surface area contributed by atoms with Gasteiger partial charge in [-0.2, -0.15) is 13.2 Å². The van der Waals surface area contributed by atoms with Crippen molar-refractivity contribution in [3.8, 4) is 11.5 Å². The Morgan fingerprint density at radius 1 is 1.15 bits per heavy atom. The summed E-state index contributed by atoms with van der Waals surface area (Å²) in [7, 11) is 0. The Morgan fingerprint density at radius 2 is 1.95 bits per heavy atom. The third kappa shape index (κ3) is 3.47. The van der Waals surface area contributed by atoms with Gasteiger partial charge in [0, 0.05) is 11.8 Å². The maximum atomic E-state index is 12.3. The van der Waals surface area contributed by atoms with Crippen LogP contribution in [0.2, 0.25) is 0 Å². The van der Waals surface area contributed by atoms with E-state index in [9.17, 15) is 18.0 Å². The van der Waals surface area contributed by atoms with E-state index in [1.54, 1.807) is 18.2 Å². The smallest absolute Gasteiger partial charge is 0.433 e. The molecule has 20 heavy (non-hydrogen) atoms. The first-order valence-electron chi connectivity index (χ1n) is 5.50. The second-order valence-electron chi connectivity index (χ2n) is 3.77. The number of hydrogen-bond donors (Lipinski definition) is 1. The van der Waals surface area contributed by atoms with Crippen LogP contribution in [-0.2, 0) is 11.0 Å². The molecule has 2 rings (SSSR count). The molecular formula is C13H9F3N2O2. The fraction of sp³-hybridized carbons (Fsp3) is 0.0769. The van der Waals surface area contributed by atoms with E-state index < -0.39 is 11.9 Å². The number of ether oxygens (including phenoxy) is 1. The first-order chi connectivity index (χ1) is 9.49. The maximum absolute atomic E-state index is 12.3. The van der Waals surface area contributed by atoms with Gasteiger partial charge < -0.3 is 10.1 Å². The number of rotatable bonds is 4. The molecule has 1 amide bonds. The Morgan fingerprint density at radius 3 is 2.55 bits per heavy atom. The topological polar surface area (TPSA) is 51.2 Å². The van der Waals surface area contributed by atoms with Gasteiger partial charge in [0.2, 0.25) is 6.41 Å². The minimum Gasteiger partial charge on any atom is -0.456 e. The van der Waals surface area contributed by atoms with Crippen LogP contribution in [0.25, 0.3) is 0 Å². The molecule has 1 heterocycles. The van der Waals surface area contributed by atoms with Crippen LogP contribution in [0.3, 0.4) is 0 Å². The Bertz CT molecular complexity index is 597. The molecule has 1 N–H and O–H groups in total. The van der Waals surface area contributed by atoms with E-state index in [0.717, 1.165) is 12.3 Å². The molecule has 0 saturated heterocycles. The zero-order valence-electron chi connectivity index (χ0n) is 10.0. The average molecular weight is 282 g/mol. The van der Waals surface area contributed by atoms with Crippen LogP contribution in [0.5, 0.6) is 11.5 Å². The number of benzene rings is 1. The predicted molar refractivity (Wildman–Crippen MR) is 65.4 cm³/mol. The van der Waals surface area contributed by atoms with Gasteiger partial charge in [0.05, 0.1) is 6.20 Å². The lowest BCUT2D eigenvalue weighted by atomic mass is 10.3. The molecule has 0 aliphatic rings. The van der Waals surface area contributed by atoms with Gasteiger partial charge in [-0.3, -0.25) is 4.79 Å². The molecule has 0 saturated carbocycles. The minimum atomic E-state index is -4.48. The second-order valence-corrected chi connectivity index (χ2v) is 3.77. The number of nitrogens with one attached hydrogen (secondary N) is 1. The first-order valence-corrected chi connectivity index (χ1v) is 5.50. The number of aromatic nitrogens is 1. The monoisotopic (exact) mass is 282 g/mol. The summed E-state index contributed by atoms with van der Waals surface area (Å²) in [5, 5.41) is 2.44. The summed E-state index contributed by atoms with van der Waals surface area (Å²) in [6.45, 7) is 0. The quantitative estimate of drug-likeness (QED) is 0.874. The fourth-order valence-corrected chi connectivity index (χ4v) is 1.46. The average Bonchev–Trinajstić information content (AvgIpc) is 2.39. The fourth-order valence-electron chi connectivity index (χ4n) is 1.46. The number of carbonyl (C=O) groups is 1. The SMILES string of the molecule is O=CNc1cccc(Oc2ccc(C(F)(F)F)nc2)c1. The van der Waals surface area contributed by atoms with E-state index in [4.69, 9.17) is 4.74 Å². The van der Waals surface area contributed by atoms with Crippen molar-refractivity contribution in [3.63, 3.8) is 0 Å². The van der Waals surface area contributed by atoms with Crippen LogP contribution in [0.4, 0.5) is 18.9 Å². The number of amides is 1. The van der Waals surface area contributed by atoms with Crippen molar-refractivity contribution in [3.05, 3.63) is 48.3 Å². The Hall–Kier alpha value is -2.57. The zero-order chi connectivity index (χ0) is 14.6.